The molecule has 246 valence electrons. The van der Waals surface area contributed by atoms with Gasteiger partial charge in [-0.1, -0.05) is 121 Å². The first-order valence-electron chi connectivity index (χ1n) is 17.9. The molecule has 5 nitrogen and oxygen atoms in total. The van der Waals surface area contributed by atoms with Crippen LogP contribution in [0.2, 0.25) is 0 Å². The standard InChI is InChI=1S/C48H28N4O/c1-2-14-32(15-3-1)51-38-20-10-8-18-35(38)36-25-22-31(28-41(36)51)45-47-46(37-19-9-11-21-42(37)53-47)50-48(49-45)52-39-26-23-29-12-4-6-16-33(29)43(39)44-34-17-7-5-13-30(34)24-27-40(44)52/h1-28H. The van der Waals surface area contributed by atoms with Gasteiger partial charge in [0.15, 0.2) is 5.58 Å². The maximum Gasteiger partial charge on any atom is 0.236 e. The minimum Gasteiger partial charge on any atom is -0.452 e. The molecule has 0 saturated heterocycles. The second-order valence-corrected chi connectivity index (χ2v) is 13.8. The lowest BCUT2D eigenvalue weighted by molar-refractivity contribution is 0.666. The molecule has 0 fully saturated rings. The van der Waals surface area contributed by atoms with Gasteiger partial charge in [0.1, 0.15) is 16.8 Å². The highest BCUT2D eigenvalue weighted by molar-refractivity contribution is 6.28. The van der Waals surface area contributed by atoms with E-state index in [1.54, 1.807) is 0 Å². The molecule has 0 radical (unpaired) electrons. The van der Waals surface area contributed by atoms with E-state index in [9.17, 15) is 0 Å². The minimum absolute atomic E-state index is 0.605. The van der Waals surface area contributed by atoms with Crippen LogP contribution in [0.5, 0.6) is 0 Å². The zero-order valence-corrected chi connectivity index (χ0v) is 28.4. The number of fused-ring (bicyclic) bond motifs is 13. The highest BCUT2D eigenvalue weighted by atomic mass is 16.3. The largest absolute Gasteiger partial charge is 0.452 e. The second kappa shape index (κ2) is 10.6. The molecule has 0 aliphatic rings. The van der Waals surface area contributed by atoms with Crippen LogP contribution in [-0.4, -0.2) is 19.1 Å². The first kappa shape index (κ1) is 28.5. The number of aromatic nitrogens is 4. The average molecular weight is 677 g/mol. The van der Waals surface area contributed by atoms with Gasteiger partial charge in [0.25, 0.3) is 0 Å². The van der Waals surface area contributed by atoms with Crippen LogP contribution in [0.15, 0.2) is 174 Å². The molecule has 0 amide bonds. The Hall–Kier alpha value is -7.24. The Morgan fingerprint density at radius 2 is 1.02 bits per heavy atom. The van der Waals surface area contributed by atoms with Crippen LogP contribution in [-0.2, 0) is 0 Å². The third-order valence-corrected chi connectivity index (χ3v) is 10.9. The van der Waals surface area contributed by atoms with E-state index < -0.39 is 0 Å². The van der Waals surface area contributed by atoms with Crippen molar-refractivity contribution in [2.45, 2.75) is 0 Å². The van der Waals surface area contributed by atoms with E-state index in [0.29, 0.717) is 11.5 Å². The van der Waals surface area contributed by atoms with E-state index in [2.05, 4.69) is 161 Å². The van der Waals surface area contributed by atoms with E-state index in [4.69, 9.17) is 14.4 Å². The van der Waals surface area contributed by atoms with Crippen molar-refractivity contribution in [3.05, 3.63) is 170 Å². The number of rotatable bonds is 3. The molecule has 0 spiro atoms. The summed E-state index contributed by atoms with van der Waals surface area (Å²) >= 11 is 0. The van der Waals surface area contributed by atoms with Crippen molar-refractivity contribution >= 4 is 87.2 Å². The highest BCUT2D eigenvalue weighted by Gasteiger charge is 2.23. The first-order chi connectivity index (χ1) is 26.3. The summed E-state index contributed by atoms with van der Waals surface area (Å²) in [5, 5.41) is 10.6. The van der Waals surface area contributed by atoms with Crippen molar-refractivity contribution < 1.29 is 4.42 Å². The molecule has 8 aromatic carbocycles. The fourth-order valence-electron chi connectivity index (χ4n) is 8.61. The minimum atomic E-state index is 0.605. The van der Waals surface area contributed by atoms with Crippen LogP contribution in [0.1, 0.15) is 0 Å². The van der Waals surface area contributed by atoms with Crippen LogP contribution in [0.4, 0.5) is 0 Å². The fourth-order valence-corrected chi connectivity index (χ4v) is 8.61. The Morgan fingerprint density at radius 1 is 0.415 bits per heavy atom. The Balaban J connectivity index is 1.22. The van der Waals surface area contributed by atoms with Gasteiger partial charge in [-0.3, -0.25) is 4.57 Å². The molecule has 0 unspecified atom stereocenters. The molecule has 0 atom stereocenters. The number of benzene rings is 8. The quantitative estimate of drug-likeness (QED) is 0.187. The molecule has 0 aliphatic carbocycles. The number of furan rings is 1. The van der Waals surface area contributed by atoms with Crippen LogP contribution < -0.4 is 0 Å². The van der Waals surface area contributed by atoms with Gasteiger partial charge in [-0.25, -0.2) is 9.97 Å². The molecule has 12 aromatic rings. The van der Waals surface area contributed by atoms with E-state index in [1.165, 1.54) is 43.1 Å². The molecule has 53 heavy (non-hydrogen) atoms. The summed E-state index contributed by atoms with van der Waals surface area (Å²) in [7, 11) is 0. The molecule has 5 heteroatoms. The molecule has 4 aromatic heterocycles. The molecular weight excluding hydrogens is 649 g/mol. The lowest BCUT2D eigenvalue weighted by Crippen LogP contribution is -2.03. The van der Waals surface area contributed by atoms with Crippen LogP contribution in [0.3, 0.4) is 0 Å². The predicted molar refractivity (Wildman–Crippen MR) is 218 cm³/mol. The van der Waals surface area contributed by atoms with Crippen LogP contribution in [0.25, 0.3) is 110 Å². The van der Waals surface area contributed by atoms with Crippen molar-refractivity contribution in [3.63, 3.8) is 0 Å². The predicted octanol–water partition coefficient (Wildman–Crippen LogP) is 12.5. The second-order valence-electron chi connectivity index (χ2n) is 13.8. The number of para-hydroxylation sites is 3. The van der Waals surface area contributed by atoms with Crippen molar-refractivity contribution in [2.75, 3.05) is 0 Å². The van der Waals surface area contributed by atoms with Crippen molar-refractivity contribution in [3.8, 4) is 22.9 Å². The van der Waals surface area contributed by atoms with Crippen molar-refractivity contribution in [1.29, 1.82) is 0 Å². The SMILES string of the molecule is c1ccc(-n2c3ccccc3c3ccc(-c4nc(-n5c6ccc7ccccc7c6c6c7ccccc7ccc65)nc5c4oc4ccccc45)cc32)cc1. The Bertz CT molecular complexity index is 3370. The van der Waals surface area contributed by atoms with Gasteiger partial charge in [0, 0.05) is 38.2 Å². The Morgan fingerprint density at radius 3 is 1.75 bits per heavy atom. The summed E-state index contributed by atoms with van der Waals surface area (Å²) in [5.74, 6) is 0.605. The van der Waals surface area contributed by atoms with E-state index >= 15 is 0 Å². The average Bonchev–Trinajstić information content (AvgIpc) is 3.88. The summed E-state index contributed by atoms with van der Waals surface area (Å²) in [6.45, 7) is 0. The van der Waals surface area contributed by atoms with Crippen LogP contribution in [0, 0.1) is 0 Å². The maximum atomic E-state index is 6.65. The van der Waals surface area contributed by atoms with Gasteiger partial charge in [-0.2, -0.15) is 0 Å². The molecule has 12 rings (SSSR count). The van der Waals surface area contributed by atoms with E-state index in [1.807, 2.05) is 18.2 Å². The summed E-state index contributed by atoms with van der Waals surface area (Å²) in [6, 6.07) is 60.1. The first-order valence-corrected chi connectivity index (χ1v) is 17.9. The molecular formula is C48H28N4O. The Kier molecular flexibility index (Phi) is 5.71. The highest BCUT2D eigenvalue weighted by Crippen LogP contribution is 2.42. The molecule has 0 N–H and O–H groups in total. The topological polar surface area (TPSA) is 48.8 Å². The monoisotopic (exact) mass is 676 g/mol. The summed E-state index contributed by atoms with van der Waals surface area (Å²) < 4.78 is 11.2. The van der Waals surface area contributed by atoms with Gasteiger partial charge in [-0.05, 0) is 70.1 Å². The number of nitrogens with zero attached hydrogens (tertiary/aromatic N) is 4. The lowest BCUT2D eigenvalue weighted by atomic mass is 10.00. The Labute approximate surface area is 302 Å². The smallest absolute Gasteiger partial charge is 0.236 e. The van der Waals surface area contributed by atoms with Gasteiger partial charge in [-0.15, -0.1) is 0 Å². The van der Waals surface area contributed by atoms with Crippen molar-refractivity contribution in [1.82, 2.24) is 19.1 Å². The normalized spacial score (nSPS) is 12.2. The fraction of sp³-hybridized carbons (Fsp3) is 0. The van der Waals surface area contributed by atoms with Gasteiger partial charge >= 0.3 is 0 Å². The molecule has 0 bridgehead atoms. The third-order valence-electron chi connectivity index (χ3n) is 10.9. The molecule has 0 aliphatic heterocycles. The number of hydrogen-bond donors (Lipinski definition) is 0. The van der Waals surface area contributed by atoms with Gasteiger partial charge < -0.3 is 8.98 Å². The number of hydrogen-bond acceptors (Lipinski definition) is 3. The zero-order chi connectivity index (χ0) is 34.6. The van der Waals surface area contributed by atoms with Crippen molar-refractivity contribution in [2.24, 2.45) is 0 Å². The zero-order valence-electron chi connectivity index (χ0n) is 28.4. The van der Waals surface area contributed by atoms with E-state index in [0.717, 1.165) is 55.5 Å². The van der Waals surface area contributed by atoms with Gasteiger partial charge in [0.2, 0.25) is 5.95 Å². The third kappa shape index (κ3) is 3.96. The van der Waals surface area contributed by atoms with Crippen LogP contribution >= 0.6 is 0 Å². The summed E-state index contributed by atoms with van der Waals surface area (Å²) in [5.41, 5.74) is 9.47. The van der Waals surface area contributed by atoms with Gasteiger partial charge in [0.05, 0.1) is 22.1 Å². The van der Waals surface area contributed by atoms with E-state index in [-0.39, 0.29) is 0 Å². The molecule has 4 heterocycles. The maximum absolute atomic E-state index is 6.65. The lowest BCUT2D eigenvalue weighted by Gasteiger charge is -2.11. The molecule has 0 saturated carbocycles. The summed E-state index contributed by atoms with van der Waals surface area (Å²) in [6.07, 6.45) is 0. The summed E-state index contributed by atoms with van der Waals surface area (Å²) in [4.78, 5) is 10.8.